The van der Waals surface area contributed by atoms with Crippen molar-refractivity contribution in [3.63, 3.8) is 0 Å². The van der Waals surface area contributed by atoms with E-state index in [1.54, 1.807) is 0 Å². The minimum Gasteiger partial charge on any atom is -0.352 e. The Bertz CT molecular complexity index is 1500. The van der Waals surface area contributed by atoms with Gasteiger partial charge >= 0.3 is 0 Å². The Morgan fingerprint density at radius 3 is 2.56 bits per heavy atom. The second-order valence-corrected chi connectivity index (χ2v) is 11.9. The maximum atomic E-state index is 13.2. The number of nitrogens with zero attached hydrogens (tertiary/aromatic N) is 5. The van der Waals surface area contributed by atoms with Gasteiger partial charge in [-0.15, -0.1) is 11.3 Å². The quantitative estimate of drug-likeness (QED) is 0.257. The topological polar surface area (TPSA) is 75.9 Å². The highest BCUT2D eigenvalue weighted by Crippen LogP contribution is 2.32. The standard InChI is InChI=1S/C31H36N6OS.C2H6/c1-20-19-39-31(33-20)35-30(38)26-11-7-10-24-14-15-36(18-28(24)26)29-13-12-25(21(2)34-29)27-16-32-37(22(27)3)17-23-8-5-4-6-9-23;1-2/h7,10-13,16,19,23H,4-6,8-9,14-15,17-18H2,1-3H3,(H,33,35,38);1-2H3. The third kappa shape index (κ3) is 6.38. The fraction of sp³-hybridized carbons (Fsp3) is 0.455. The lowest BCUT2D eigenvalue weighted by molar-refractivity contribution is 0.102. The van der Waals surface area contributed by atoms with Crippen LogP contribution in [0, 0.1) is 26.7 Å². The second-order valence-electron chi connectivity index (χ2n) is 11.0. The van der Waals surface area contributed by atoms with Crippen molar-refractivity contribution in [2.45, 2.75) is 86.2 Å². The summed E-state index contributed by atoms with van der Waals surface area (Å²) in [7, 11) is 0. The Balaban J connectivity index is 0.00000165. The molecule has 1 aromatic carbocycles. The summed E-state index contributed by atoms with van der Waals surface area (Å²) < 4.78 is 2.19. The van der Waals surface area contributed by atoms with E-state index in [1.807, 2.05) is 44.5 Å². The normalized spacial score (nSPS) is 15.2. The summed E-state index contributed by atoms with van der Waals surface area (Å²) in [5.41, 5.74) is 8.44. The zero-order valence-corrected chi connectivity index (χ0v) is 25.9. The number of aryl methyl sites for hydroxylation is 2. The Morgan fingerprint density at radius 1 is 1.02 bits per heavy atom. The van der Waals surface area contributed by atoms with Crippen LogP contribution in [0.5, 0.6) is 0 Å². The van der Waals surface area contributed by atoms with Crippen LogP contribution in [0.2, 0.25) is 0 Å². The summed E-state index contributed by atoms with van der Waals surface area (Å²) in [5.74, 6) is 1.58. The van der Waals surface area contributed by atoms with Gasteiger partial charge in [-0.05, 0) is 75.3 Å². The van der Waals surface area contributed by atoms with Crippen molar-refractivity contribution in [1.82, 2.24) is 19.7 Å². The molecule has 0 atom stereocenters. The summed E-state index contributed by atoms with van der Waals surface area (Å²) >= 11 is 1.45. The molecule has 7 nitrogen and oxygen atoms in total. The highest BCUT2D eigenvalue weighted by atomic mass is 32.1. The van der Waals surface area contributed by atoms with Crippen molar-refractivity contribution in [3.8, 4) is 11.1 Å². The van der Waals surface area contributed by atoms with Gasteiger partial charge in [0.05, 0.1) is 11.9 Å². The Kier molecular flexibility index (Phi) is 9.18. The van der Waals surface area contributed by atoms with E-state index in [-0.39, 0.29) is 5.91 Å². The van der Waals surface area contributed by atoms with E-state index < -0.39 is 0 Å². The Hall–Kier alpha value is -3.52. The van der Waals surface area contributed by atoms with Crippen LogP contribution in [0.25, 0.3) is 11.1 Å². The first kappa shape index (κ1) is 29.0. The molecule has 0 radical (unpaired) electrons. The van der Waals surface area contributed by atoms with E-state index in [0.29, 0.717) is 17.2 Å². The van der Waals surface area contributed by atoms with E-state index in [4.69, 9.17) is 10.1 Å². The summed E-state index contributed by atoms with van der Waals surface area (Å²) in [6.45, 7) is 12.7. The van der Waals surface area contributed by atoms with Crippen LogP contribution < -0.4 is 10.2 Å². The van der Waals surface area contributed by atoms with E-state index >= 15 is 0 Å². The molecule has 6 rings (SSSR count). The molecule has 8 heteroatoms. The first-order valence-corrected chi connectivity index (χ1v) is 15.9. The monoisotopic (exact) mass is 570 g/mol. The number of carbonyl (C=O) groups excluding carboxylic acids is 1. The third-order valence-corrected chi connectivity index (χ3v) is 9.18. The number of pyridine rings is 1. The second kappa shape index (κ2) is 13.0. The third-order valence-electron chi connectivity index (χ3n) is 8.30. The molecule has 2 aliphatic rings. The first-order valence-electron chi connectivity index (χ1n) is 15.1. The molecule has 0 saturated heterocycles. The number of fused-ring (bicyclic) bond motifs is 1. The molecule has 4 heterocycles. The number of rotatable bonds is 6. The minimum absolute atomic E-state index is 0.108. The predicted molar refractivity (Wildman–Crippen MR) is 169 cm³/mol. The molecule has 1 N–H and O–H groups in total. The van der Waals surface area contributed by atoms with Crippen molar-refractivity contribution in [2.24, 2.45) is 5.92 Å². The number of amides is 1. The van der Waals surface area contributed by atoms with Crippen LogP contribution in [0.3, 0.4) is 0 Å². The molecule has 1 aliphatic heterocycles. The maximum Gasteiger partial charge on any atom is 0.257 e. The molecule has 1 fully saturated rings. The fourth-order valence-electron chi connectivity index (χ4n) is 6.08. The number of aromatic nitrogens is 4. The van der Waals surface area contributed by atoms with Gasteiger partial charge in [-0.25, -0.2) is 9.97 Å². The summed E-state index contributed by atoms with van der Waals surface area (Å²) in [6.07, 6.45) is 9.59. The van der Waals surface area contributed by atoms with Gasteiger partial charge in [0.2, 0.25) is 0 Å². The van der Waals surface area contributed by atoms with E-state index in [0.717, 1.165) is 53.8 Å². The summed E-state index contributed by atoms with van der Waals surface area (Å²) in [4.78, 5) is 24.9. The number of benzene rings is 1. The van der Waals surface area contributed by atoms with Crippen molar-refractivity contribution >= 4 is 28.2 Å². The smallest absolute Gasteiger partial charge is 0.257 e. The van der Waals surface area contributed by atoms with Crippen LogP contribution in [0.1, 0.15) is 84.5 Å². The van der Waals surface area contributed by atoms with Crippen LogP contribution in [0.15, 0.2) is 41.9 Å². The van der Waals surface area contributed by atoms with Crippen molar-refractivity contribution < 1.29 is 4.79 Å². The van der Waals surface area contributed by atoms with Crippen LogP contribution >= 0.6 is 11.3 Å². The van der Waals surface area contributed by atoms with E-state index in [9.17, 15) is 4.79 Å². The van der Waals surface area contributed by atoms with E-state index in [1.165, 1.54) is 60.3 Å². The number of carbonyl (C=O) groups is 1. The molecule has 1 aliphatic carbocycles. The van der Waals surface area contributed by atoms with Gasteiger partial charge in [0.15, 0.2) is 5.13 Å². The molecule has 4 aromatic rings. The molecular weight excluding hydrogens is 528 g/mol. The molecule has 0 bridgehead atoms. The molecule has 41 heavy (non-hydrogen) atoms. The van der Waals surface area contributed by atoms with Crippen molar-refractivity contribution in [2.75, 3.05) is 16.8 Å². The molecule has 1 amide bonds. The van der Waals surface area contributed by atoms with Gasteiger partial charge in [-0.3, -0.25) is 14.8 Å². The Morgan fingerprint density at radius 2 is 1.83 bits per heavy atom. The van der Waals surface area contributed by atoms with Crippen molar-refractivity contribution in [1.29, 1.82) is 0 Å². The predicted octanol–water partition coefficient (Wildman–Crippen LogP) is 7.75. The van der Waals surface area contributed by atoms with Gasteiger partial charge in [-0.2, -0.15) is 5.10 Å². The van der Waals surface area contributed by atoms with Crippen molar-refractivity contribution in [3.05, 3.63) is 75.7 Å². The van der Waals surface area contributed by atoms with Crippen LogP contribution in [-0.2, 0) is 19.5 Å². The molecule has 1 saturated carbocycles. The molecule has 0 spiro atoms. The molecule has 3 aromatic heterocycles. The highest BCUT2D eigenvalue weighted by molar-refractivity contribution is 7.13. The molecular formula is C33H42N6OS. The van der Waals surface area contributed by atoms with Crippen LogP contribution in [-0.4, -0.2) is 32.2 Å². The zero-order valence-electron chi connectivity index (χ0n) is 25.0. The fourth-order valence-corrected chi connectivity index (χ4v) is 6.77. The number of nitrogens with one attached hydrogen (secondary N) is 1. The van der Waals surface area contributed by atoms with Gasteiger partial charge in [0, 0.05) is 53.1 Å². The summed E-state index contributed by atoms with van der Waals surface area (Å²) in [5, 5.41) is 10.3. The van der Waals surface area contributed by atoms with Gasteiger partial charge in [0.25, 0.3) is 5.91 Å². The van der Waals surface area contributed by atoms with Gasteiger partial charge in [0.1, 0.15) is 5.82 Å². The number of anilines is 2. The highest BCUT2D eigenvalue weighted by Gasteiger charge is 2.24. The van der Waals surface area contributed by atoms with E-state index in [2.05, 4.69) is 51.9 Å². The lowest BCUT2D eigenvalue weighted by atomic mass is 9.89. The summed E-state index contributed by atoms with van der Waals surface area (Å²) in [6, 6.07) is 10.3. The van der Waals surface area contributed by atoms with Gasteiger partial charge < -0.3 is 4.90 Å². The average molecular weight is 571 g/mol. The number of thiazole rings is 1. The molecule has 0 unspecified atom stereocenters. The maximum absolute atomic E-state index is 13.2. The lowest BCUT2D eigenvalue weighted by Gasteiger charge is -2.31. The number of hydrogen-bond acceptors (Lipinski definition) is 6. The first-order chi connectivity index (χ1) is 20.0. The average Bonchev–Trinajstić information content (AvgIpc) is 3.58. The Labute approximate surface area is 248 Å². The SMILES string of the molecule is CC.Cc1csc(NC(=O)c2cccc3c2CN(c2ccc(-c4cnn(CC5CCCCC5)c4C)c(C)n2)CC3)n1. The van der Waals surface area contributed by atoms with Crippen LogP contribution in [0.4, 0.5) is 10.9 Å². The molecule has 216 valence electrons. The largest absolute Gasteiger partial charge is 0.352 e. The number of hydrogen-bond donors (Lipinski definition) is 1. The lowest BCUT2D eigenvalue weighted by Crippen LogP contribution is -2.33. The zero-order chi connectivity index (χ0) is 28.9. The minimum atomic E-state index is -0.108. The van der Waals surface area contributed by atoms with Gasteiger partial charge in [-0.1, -0.05) is 45.2 Å².